The van der Waals surface area contributed by atoms with E-state index in [1.807, 2.05) is 38.2 Å². The quantitative estimate of drug-likeness (QED) is 0.863. The monoisotopic (exact) mass is 353 g/mol. The van der Waals surface area contributed by atoms with E-state index in [-0.39, 0.29) is 24.1 Å². The van der Waals surface area contributed by atoms with E-state index in [0.29, 0.717) is 12.0 Å². The van der Waals surface area contributed by atoms with Crippen LogP contribution in [0.25, 0.3) is 0 Å². The predicted molar refractivity (Wildman–Crippen MR) is 98.5 cm³/mol. The van der Waals surface area contributed by atoms with Gasteiger partial charge in [0.2, 0.25) is 0 Å². The lowest BCUT2D eigenvalue weighted by Gasteiger charge is -2.48. The van der Waals surface area contributed by atoms with Crippen molar-refractivity contribution in [1.82, 2.24) is 10.3 Å². The van der Waals surface area contributed by atoms with Crippen molar-refractivity contribution in [3.63, 3.8) is 0 Å². The highest BCUT2D eigenvalue weighted by atomic mass is 16.5. The number of ether oxygens (including phenoxy) is 1. The molecule has 0 spiro atoms. The van der Waals surface area contributed by atoms with Gasteiger partial charge in [0.05, 0.1) is 29.4 Å². The molecule has 2 heterocycles. The topological polar surface area (TPSA) is 74.7 Å². The molecule has 2 N–H and O–H groups in total. The molecule has 6 nitrogen and oxygen atoms in total. The van der Waals surface area contributed by atoms with Crippen molar-refractivity contribution in [2.75, 3.05) is 11.9 Å². The van der Waals surface area contributed by atoms with Crippen molar-refractivity contribution in [2.24, 2.45) is 0 Å². The number of pyridine rings is 1. The summed E-state index contributed by atoms with van der Waals surface area (Å²) in [7, 11) is 1.97. The third kappa shape index (κ3) is 2.90. The highest BCUT2D eigenvalue weighted by Crippen LogP contribution is 2.39. The van der Waals surface area contributed by atoms with Gasteiger partial charge in [0.25, 0.3) is 5.91 Å². The maximum absolute atomic E-state index is 12.5. The van der Waals surface area contributed by atoms with Gasteiger partial charge in [0, 0.05) is 19.4 Å². The van der Waals surface area contributed by atoms with Crippen LogP contribution in [0, 0.1) is 6.92 Å². The van der Waals surface area contributed by atoms with Crippen molar-refractivity contribution in [3.8, 4) is 5.75 Å². The number of hydrogen-bond donors (Lipinski definition) is 2. The Morgan fingerprint density at radius 2 is 2.12 bits per heavy atom. The van der Waals surface area contributed by atoms with Gasteiger partial charge in [-0.1, -0.05) is 12.1 Å². The SMILES string of the molecule is Cc1cncc(C(=O)N[C@@H]2CC[C@H]3Oc4ccccc4N(C)[C@H]3[C@@H]2O)c1. The predicted octanol–water partition coefficient (Wildman–Crippen LogP) is 1.91. The first-order valence-corrected chi connectivity index (χ1v) is 8.93. The molecule has 2 aromatic rings. The Morgan fingerprint density at radius 1 is 1.31 bits per heavy atom. The van der Waals surface area contributed by atoms with Crippen molar-refractivity contribution in [1.29, 1.82) is 0 Å². The number of nitrogens with one attached hydrogen (secondary N) is 1. The number of aliphatic hydroxyl groups is 1. The van der Waals surface area contributed by atoms with Crippen LogP contribution >= 0.6 is 0 Å². The molecule has 136 valence electrons. The Morgan fingerprint density at radius 3 is 2.92 bits per heavy atom. The summed E-state index contributed by atoms with van der Waals surface area (Å²) in [5.41, 5.74) is 2.40. The van der Waals surface area contributed by atoms with Gasteiger partial charge < -0.3 is 20.1 Å². The molecule has 26 heavy (non-hydrogen) atoms. The number of fused-ring (bicyclic) bond motifs is 2. The molecule has 1 aliphatic heterocycles. The van der Waals surface area contributed by atoms with Crippen LogP contribution in [0.15, 0.2) is 42.7 Å². The first-order valence-electron chi connectivity index (χ1n) is 8.93. The zero-order valence-electron chi connectivity index (χ0n) is 14.9. The molecular weight excluding hydrogens is 330 g/mol. The maximum Gasteiger partial charge on any atom is 0.253 e. The van der Waals surface area contributed by atoms with E-state index in [2.05, 4.69) is 15.2 Å². The lowest BCUT2D eigenvalue weighted by molar-refractivity contribution is -0.000925. The highest BCUT2D eigenvalue weighted by molar-refractivity contribution is 5.94. The minimum absolute atomic E-state index is 0.0845. The Bertz CT molecular complexity index is 825. The molecule has 1 saturated carbocycles. The van der Waals surface area contributed by atoms with E-state index in [4.69, 9.17) is 4.74 Å². The first kappa shape index (κ1) is 16.8. The summed E-state index contributed by atoms with van der Waals surface area (Å²) in [4.78, 5) is 18.7. The summed E-state index contributed by atoms with van der Waals surface area (Å²) in [5, 5.41) is 13.9. The molecule has 1 amide bonds. The number of carbonyl (C=O) groups excluding carboxylic acids is 1. The van der Waals surface area contributed by atoms with Gasteiger partial charge in [-0.05, 0) is 43.5 Å². The zero-order chi connectivity index (χ0) is 18.3. The fourth-order valence-electron chi connectivity index (χ4n) is 4.01. The molecule has 4 rings (SSSR count). The van der Waals surface area contributed by atoms with E-state index >= 15 is 0 Å². The van der Waals surface area contributed by atoms with Crippen LogP contribution in [0.5, 0.6) is 5.75 Å². The zero-order valence-corrected chi connectivity index (χ0v) is 14.9. The molecule has 0 bridgehead atoms. The minimum atomic E-state index is -0.714. The molecule has 2 aliphatic rings. The van der Waals surface area contributed by atoms with Gasteiger partial charge in [0.1, 0.15) is 11.9 Å². The number of benzene rings is 1. The number of likely N-dealkylation sites (N-methyl/N-ethyl adjacent to an activating group) is 1. The summed E-state index contributed by atoms with van der Waals surface area (Å²) >= 11 is 0. The van der Waals surface area contributed by atoms with Gasteiger partial charge in [-0.2, -0.15) is 0 Å². The molecule has 1 aromatic carbocycles. The average molecular weight is 353 g/mol. The van der Waals surface area contributed by atoms with Gasteiger partial charge in [-0.15, -0.1) is 0 Å². The summed E-state index contributed by atoms with van der Waals surface area (Å²) < 4.78 is 6.11. The smallest absolute Gasteiger partial charge is 0.253 e. The van der Waals surface area contributed by atoms with Crippen LogP contribution in [0.1, 0.15) is 28.8 Å². The van der Waals surface area contributed by atoms with Crippen molar-refractivity contribution in [2.45, 2.75) is 44.1 Å². The number of aryl methyl sites for hydroxylation is 1. The largest absolute Gasteiger partial charge is 0.486 e. The third-order valence-corrected chi connectivity index (χ3v) is 5.33. The number of amides is 1. The second-order valence-electron chi connectivity index (χ2n) is 7.12. The number of hydrogen-bond acceptors (Lipinski definition) is 5. The van der Waals surface area contributed by atoms with E-state index < -0.39 is 6.10 Å². The van der Waals surface area contributed by atoms with Crippen LogP contribution < -0.4 is 15.0 Å². The molecule has 1 fully saturated rings. The lowest BCUT2D eigenvalue weighted by Crippen LogP contribution is -2.64. The average Bonchev–Trinajstić information content (AvgIpc) is 2.64. The Kier molecular flexibility index (Phi) is 4.28. The lowest BCUT2D eigenvalue weighted by atomic mass is 9.83. The summed E-state index contributed by atoms with van der Waals surface area (Å²) in [6, 6.07) is 9.13. The second kappa shape index (κ2) is 6.61. The van der Waals surface area contributed by atoms with E-state index in [9.17, 15) is 9.90 Å². The van der Waals surface area contributed by atoms with Crippen LogP contribution in [-0.2, 0) is 0 Å². The maximum atomic E-state index is 12.5. The van der Waals surface area contributed by atoms with Crippen LogP contribution in [0.4, 0.5) is 5.69 Å². The molecular formula is C20H23N3O3. The first-order chi connectivity index (χ1) is 12.5. The number of aromatic nitrogens is 1. The Balaban J connectivity index is 1.52. The number of carbonyl (C=O) groups is 1. The molecule has 0 unspecified atom stereocenters. The fraction of sp³-hybridized carbons (Fsp3) is 0.400. The van der Waals surface area contributed by atoms with Gasteiger partial charge in [0.15, 0.2) is 0 Å². The third-order valence-electron chi connectivity index (χ3n) is 5.33. The number of aliphatic hydroxyl groups excluding tert-OH is 1. The molecule has 1 aromatic heterocycles. The summed E-state index contributed by atoms with van der Waals surface area (Å²) in [6.07, 6.45) is 3.91. The van der Waals surface area contributed by atoms with Crippen LogP contribution in [0.2, 0.25) is 0 Å². The van der Waals surface area contributed by atoms with E-state index in [1.165, 1.54) is 0 Å². The normalized spacial score (nSPS) is 27.1. The Labute approximate surface area is 152 Å². The highest BCUT2D eigenvalue weighted by Gasteiger charge is 2.45. The van der Waals surface area contributed by atoms with Crippen molar-refractivity contribution >= 4 is 11.6 Å². The van der Waals surface area contributed by atoms with Gasteiger partial charge in [-0.3, -0.25) is 9.78 Å². The summed E-state index contributed by atoms with van der Waals surface area (Å²) in [6.45, 7) is 1.90. The standard InChI is InChI=1S/C20H23N3O3/c1-12-9-13(11-21-10-12)20(25)22-14-7-8-17-18(19(14)24)23(2)15-5-3-4-6-16(15)26-17/h3-6,9-11,14,17-19,24H,7-8H2,1-2H3,(H,22,25)/t14-,17-,18-,19-/m1/s1. The minimum Gasteiger partial charge on any atom is -0.486 e. The Hall–Kier alpha value is -2.60. The van der Waals surface area contributed by atoms with Gasteiger partial charge in [-0.25, -0.2) is 0 Å². The van der Waals surface area contributed by atoms with E-state index in [0.717, 1.165) is 23.4 Å². The van der Waals surface area contributed by atoms with Crippen LogP contribution in [0.3, 0.4) is 0 Å². The summed E-state index contributed by atoms with van der Waals surface area (Å²) in [5.74, 6) is 0.639. The number of rotatable bonds is 2. The second-order valence-corrected chi connectivity index (χ2v) is 7.12. The van der Waals surface area contributed by atoms with Gasteiger partial charge >= 0.3 is 0 Å². The molecule has 4 atom stereocenters. The molecule has 0 radical (unpaired) electrons. The number of anilines is 1. The molecule has 1 aliphatic carbocycles. The fourth-order valence-corrected chi connectivity index (χ4v) is 4.01. The number of para-hydroxylation sites is 2. The van der Waals surface area contributed by atoms with Crippen LogP contribution in [-0.4, -0.2) is 47.3 Å². The molecule has 6 heteroatoms. The van der Waals surface area contributed by atoms with E-state index in [1.54, 1.807) is 18.5 Å². The number of nitrogens with zero attached hydrogens (tertiary/aromatic N) is 2. The van der Waals surface area contributed by atoms with Crippen molar-refractivity contribution < 1.29 is 14.6 Å². The van der Waals surface area contributed by atoms with Crippen molar-refractivity contribution in [3.05, 3.63) is 53.9 Å². The molecule has 0 saturated heterocycles.